The number of rotatable bonds is 8. The summed E-state index contributed by atoms with van der Waals surface area (Å²) in [7, 11) is 0. The van der Waals surface area contributed by atoms with Crippen LogP contribution in [-0.4, -0.2) is 31.1 Å². The average molecular weight is 347 g/mol. The Morgan fingerprint density at radius 3 is 2.14 bits per heavy atom. The van der Waals surface area contributed by atoms with E-state index in [1.165, 1.54) is 12.1 Å². The molecule has 0 spiro atoms. The lowest BCUT2D eigenvalue weighted by Crippen LogP contribution is -2.17. The number of alkyl halides is 3. The van der Waals surface area contributed by atoms with E-state index in [9.17, 15) is 18.3 Å². The van der Waals surface area contributed by atoms with E-state index in [4.69, 9.17) is 27.9 Å². The Morgan fingerprint density at radius 1 is 1.00 bits per heavy atom. The van der Waals surface area contributed by atoms with Crippen molar-refractivity contribution in [3.63, 3.8) is 0 Å². The van der Waals surface area contributed by atoms with Gasteiger partial charge in [-0.15, -0.1) is 0 Å². The van der Waals surface area contributed by atoms with Gasteiger partial charge in [-0.25, -0.2) is 0 Å². The fourth-order valence-corrected chi connectivity index (χ4v) is 2.11. The van der Waals surface area contributed by atoms with Crippen molar-refractivity contribution in [3.8, 4) is 11.5 Å². The summed E-state index contributed by atoms with van der Waals surface area (Å²) < 4.78 is 45.2. The van der Waals surface area contributed by atoms with Gasteiger partial charge in [0.15, 0.2) is 5.75 Å². The summed E-state index contributed by atoms with van der Waals surface area (Å²) >= 11 is 11.7. The fourth-order valence-electron chi connectivity index (χ4n) is 1.53. The van der Waals surface area contributed by atoms with E-state index < -0.39 is 12.8 Å². The van der Waals surface area contributed by atoms with Crippen LogP contribution >= 0.6 is 23.2 Å². The van der Waals surface area contributed by atoms with Crippen molar-refractivity contribution in [2.75, 3.05) is 19.8 Å². The number of unbranched alkanes of at least 4 members (excludes halogenated alkanes) is 2. The molecule has 1 N–H and O–H groups in total. The van der Waals surface area contributed by atoms with Gasteiger partial charge in [0.05, 0.1) is 16.7 Å². The number of benzene rings is 1. The Kier molecular flexibility index (Phi) is 7.42. The third-order valence-electron chi connectivity index (χ3n) is 2.43. The van der Waals surface area contributed by atoms with E-state index in [1.54, 1.807) is 0 Å². The predicted molar refractivity (Wildman–Crippen MR) is 74.3 cm³/mol. The van der Waals surface area contributed by atoms with Crippen molar-refractivity contribution >= 4 is 23.2 Å². The van der Waals surface area contributed by atoms with Gasteiger partial charge < -0.3 is 14.6 Å². The van der Waals surface area contributed by atoms with Crippen molar-refractivity contribution in [2.45, 2.75) is 25.4 Å². The zero-order valence-electron chi connectivity index (χ0n) is 11.1. The largest absolute Gasteiger partial charge is 0.508 e. The SMILES string of the molecule is Oc1cc(Cl)c(OCCCCCOCC(F)(F)F)c(Cl)c1. The summed E-state index contributed by atoms with van der Waals surface area (Å²) in [5.74, 6) is 0.226. The number of aromatic hydroxyl groups is 1. The van der Waals surface area contributed by atoms with Crippen LogP contribution in [0.25, 0.3) is 0 Å². The lowest BCUT2D eigenvalue weighted by molar-refractivity contribution is -0.174. The van der Waals surface area contributed by atoms with Crippen LogP contribution < -0.4 is 4.74 Å². The van der Waals surface area contributed by atoms with Crippen LogP contribution in [0.2, 0.25) is 10.0 Å². The summed E-state index contributed by atoms with van der Waals surface area (Å²) in [5.41, 5.74) is 0. The second-order valence-corrected chi connectivity index (χ2v) is 5.13. The molecule has 21 heavy (non-hydrogen) atoms. The molecule has 120 valence electrons. The first-order valence-electron chi connectivity index (χ1n) is 6.25. The highest BCUT2D eigenvalue weighted by Gasteiger charge is 2.27. The topological polar surface area (TPSA) is 38.7 Å². The van der Waals surface area contributed by atoms with E-state index in [-0.39, 0.29) is 28.2 Å². The maximum absolute atomic E-state index is 11.8. The summed E-state index contributed by atoms with van der Waals surface area (Å²) in [6.07, 6.45) is -2.49. The molecule has 0 fully saturated rings. The van der Waals surface area contributed by atoms with E-state index in [0.717, 1.165) is 0 Å². The van der Waals surface area contributed by atoms with Gasteiger partial charge in [0.1, 0.15) is 12.4 Å². The normalized spacial score (nSPS) is 11.7. The molecular weight excluding hydrogens is 332 g/mol. The highest BCUT2D eigenvalue weighted by atomic mass is 35.5. The second kappa shape index (κ2) is 8.56. The number of hydrogen-bond acceptors (Lipinski definition) is 3. The molecule has 0 aliphatic heterocycles. The molecule has 0 saturated heterocycles. The predicted octanol–water partition coefficient (Wildman–Crippen LogP) is 4.83. The smallest absolute Gasteiger partial charge is 0.411 e. The fraction of sp³-hybridized carbons (Fsp3) is 0.538. The quantitative estimate of drug-likeness (QED) is 0.685. The van der Waals surface area contributed by atoms with Crippen molar-refractivity contribution in [2.24, 2.45) is 0 Å². The minimum absolute atomic E-state index is 0.0558. The van der Waals surface area contributed by atoms with Crippen LogP contribution in [0.1, 0.15) is 19.3 Å². The summed E-state index contributed by atoms with van der Waals surface area (Å²) in [5, 5.41) is 9.65. The third kappa shape index (κ3) is 7.64. The number of halogens is 5. The van der Waals surface area contributed by atoms with E-state index in [2.05, 4.69) is 4.74 Å². The van der Waals surface area contributed by atoms with E-state index in [1.807, 2.05) is 0 Å². The molecule has 0 atom stereocenters. The standard InChI is InChI=1S/C13H15Cl2F3O3/c14-10-6-9(19)7-11(15)12(10)21-5-3-1-2-4-20-8-13(16,17)18/h6-7,19H,1-5,8H2. The van der Waals surface area contributed by atoms with Gasteiger partial charge in [-0.2, -0.15) is 13.2 Å². The zero-order chi connectivity index (χ0) is 15.9. The molecular formula is C13H15Cl2F3O3. The highest BCUT2D eigenvalue weighted by Crippen LogP contribution is 2.36. The van der Waals surface area contributed by atoms with Crippen LogP contribution in [0.5, 0.6) is 11.5 Å². The van der Waals surface area contributed by atoms with Crippen LogP contribution in [0.4, 0.5) is 13.2 Å². The Morgan fingerprint density at radius 2 is 1.57 bits per heavy atom. The minimum atomic E-state index is -4.28. The Balaban J connectivity index is 2.15. The van der Waals surface area contributed by atoms with Gasteiger partial charge >= 0.3 is 6.18 Å². The maximum atomic E-state index is 11.8. The van der Waals surface area contributed by atoms with Gasteiger partial charge in [0.2, 0.25) is 0 Å². The Bertz CT molecular complexity index is 430. The zero-order valence-corrected chi connectivity index (χ0v) is 12.6. The molecule has 0 heterocycles. The molecule has 0 aromatic heterocycles. The van der Waals surface area contributed by atoms with Crippen LogP contribution in [0.15, 0.2) is 12.1 Å². The summed E-state index contributed by atoms with van der Waals surface area (Å²) in [4.78, 5) is 0. The van der Waals surface area contributed by atoms with E-state index in [0.29, 0.717) is 25.9 Å². The summed E-state index contributed by atoms with van der Waals surface area (Å²) in [6, 6.07) is 2.63. The molecule has 3 nitrogen and oxygen atoms in total. The van der Waals surface area contributed by atoms with Gasteiger partial charge in [-0.3, -0.25) is 0 Å². The molecule has 1 rings (SSSR count). The van der Waals surface area contributed by atoms with Crippen molar-refractivity contribution < 1.29 is 27.8 Å². The lowest BCUT2D eigenvalue weighted by Gasteiger charge is -2.10. The first-order valence-corrected chi connectivity index (χ1v) is 7.00. The molecule has 0 bridgehead atoms. The molecule has 0 aliphatic rings. The monoisotopic (exact) mass is 346 g/mol. The van der Waals surface area contributed by atoms with Gasteiger partial charge in [-0.1, -0.05) is 23.2 Å². The molecule has 0 unspecified atom stereocenters. The third-order valence-corrected chi connectivity index (χ3v) is 2.99. The van der Waals surface area contributed by atoms with E-state index >= 15 is 0 Å². The highest BCUT2D eigenvalue weighted by molar-refractivity contribution is 6.37. The summed E-state index contributed by atoms with van der Waals surface area (Å²) in [6.45, 7) is -0.841. The molecule has 0 amide bonds. The van der Waals surface area contributed by atoms with Crippen molar-refractivity contribution in [1.82, 2.24) is 0 Å². The lowest BCUT2D eigenvalue weighted by atomic mass is 10.2. The van der Waals surface area contributed by atoms with Crippen LogP contribution in [0.3, 0.4) is 0 Å². The number of phenolic OH excluding ortho intramolecular Hbond substituents is 1. The van der Waals surface area contributed by atoms with Crippen LogP contribution in [-0.2, 0) is 4.74 Å². The van der Waals surface area contributed by atoms with Crippen molar-refractivity contribution in [3.05, 3.63) is 22.2 Å². The minimum Gasteiger partial charge on any atom is -0.508 e. The van der Waals surface area contributed by atoms with Gasteiger partial charge in [0, 0.05) is 18.7 Å². The van der Waals surface area contributed by atoms with Crippen molar-refractivity contribution in [1.29, 1.82) is 0 Å². The number of phenols is 1. The molecule has 0 aliphatic carbocycles. The molecule has 8 heteroatoms. The van der Waals surface area contributed by atoms with Gasteiger partial charge in [-0.05, 0) is 19.3 Å². The Labute approximate surface area is 130 Å². The average Bonchev–Trinajstić information content (AvgIpc) is 2.33. The van der Waals surface area contributed by atoms with Gasteiger partial charge in [0.25, 0.3) is 0 Å². The molecule has 0 radical (unpaired) electrons. The molecule has 0 saturated carbocycles. The Hall–Kier alpha value is -0.850. The first-order chi connectivity index (χ1) is 9.79. The molecule has 1 aromatic carbocycles. The molecule has 1 aromatic rings. The maximum Gasteiger partial charge on any atom is 0.411 e. The van der Waals surface area contributed by atoms with Crippen LogP contribution in [0, 0.1) is 0 Å². The number of hydrogen-bond donors (Lipinski definition) is 1. The number of ether oxygens (including phenoxy) is 2. The first kappa shape index (κ1) is 18.2. The second-order valence-electron chi connectivity index (χ2n) is 4.32.